The zero-order valence-corrected chi connectivity index (χ0v) is 24.4. The molecule has 0 aliphatic carbocycles. The molecule has 1 aliphatic heterocycles. The van der Waals surface area contributed by atoms with E-state index < -0.39 is 5.41 Å². The van der Waals surface area contributed by atoms with Gasteiger partial charge in [0.05, 0.1) is 0 Å². The Kier molecular flexibility index (Phi) is 9.57. The van der Waals surface area contributed by atoms with Crippen LogP contribution in [0.25, 0.3) is 0 Å². The number of hydrogen-bond donors (Lipinski definition) is 0. The number of rotatable bonds is 12. The number of aryl methyl sites for hydroxylation is 2. The van der Waals surface area contributed by atoms with Crippen LogP contribution >= 0.6 is 0 Å². The van der Waals surface area contributed by atoms with Crippen LogP contribution in [0.2, 0.25) is 0 Å². The van der Waals surface area contributed by atoms with Crippen LogP contribution in [-0.2, 0) is 22.6 Å². The van der Waals surface area contributed by atoms with E-state index in [1.807, 2.05) is 85.5 Å². The van der Waals surface area contributed by atoms with E-state index in [4.69, 9.17) is 0 Å². The van der Waals surface area contributed by atoms with Crippen molar-refractivity contribution < 1.29 is 14.4 Å². The van der Waals surface area contributed by atoms with Gasteiger partial charge in [0.1, 0.15) is 11.6 Å². The summed E-state index contributed by atoms with van der Waals surface area (Å²) in [5, 5.41) is 0. The molecule has 2 amide bonds. The fraction of sp³-hybridized carbons (Fsp3) is 0.400. The van der Waals surface area contributed by atoms with E-state index in [0.717, 1.165) is 35.2 Å². The summed E-state index contributed by atoms with van der Waals surface area (Å²) in [5.74, 6) is 0.446. The average Bonchev–Trinajstić information content (AvgIpc) is 2.92. The highest BCUT2D eigenvalue weighted by Gasteiger charge is 2.45. The molecule has 2 unspecified atom stereocenters. The van der Waals surface area contributed by atoms with E-state index in [2.05, 4.69) is 19.1 Å². The normalized spacial score (nSPS) is 18.1. The van der Waals surface area contributed by atoms with Gasteiger partial charge in [-0.2, -0.15) is 0 Å². The number of urea groups is 1. The first kappa shape index (κ1) is 29.3. The predicted molar refractivity (Wildman–Crippen MR) is 161 cm³/mol. The van der Waals surface area contributed by atoms with Gasteiger partial charge >= 0.3 is 6.03 Å². The maximum Gasteiger partial charge on any atom is 0.324 e. The van der Waals surface area contributed by atoms with Crippen molar-refractivity contribution >= 4 is 23.3 Å². The molecule has 1 aliphatic rings. The molecular formula is C35H42N2O3. The lowest BCUT2D eigenvalue weighted by Crippen LogP contribution is -2.59. The summed E-state index contributed by atoms with van der Waals surface area (Å²) in [5.41, 5.74) is 4.66. The van der Waals surface area contributed by atoms with Crippen molar-refractivity contribution in [3.63, 3.8) is 0 Å². The molecule has 0 bridgehead atoms. The van der Waals surface area contributed by atoms with E-state index in [1.54, 1.807) is 11.8 Å². The molecule has 1 heterocycles. The van der Waals surface area contributed by atoms with Gasteiger partial charge in [-0.1, -0.05) is 85.6 Å². The minimum atomic E-state index is -0.657. The van der Waals surface area contributed by atoms with Gasteiger partial charge in [-0.15, -0.1) is 0 Å². The molecule has 2 atom stereocenters. The van der Waals surface area contributed by atoms with E-state index in [1.165, 1.54) is 5.56 Å². The first-order chi connectivity index (χ1) is 19.2. The second-order valence-electron chi connectivity index (χ2n) is 11.7. The monoisotopic (exact) mass is 538 g/mol. The van der Waals surface area contributed by atoms with Gasteiger partial charge in [-0.25, -0.2) is 4.79 Å². The van der Waals surface area contributed by atoms with E-state index >= 15 is 0 Å². The van der Waals surface area contributed by atoms with Gasteiger partial charge < -0.3 is 9.69 Å². The molecule has 1 saturated heterocycles. The summed E-state index contributed by atoms with van der Waals surface area (Å²) >= 11 is 0. The number of amides is 2. The van der Waals surface area contributed by atoms with E-state index in [-0.39, 0.29) is 36.4 Å². The van der Waals surface area contributed by atoms with Crippen LogP contribution < -0.4 is 4.90 Å². The zero-order valence-electron chi connectivity index (χ0n) is 24.4. The number of hydrogen-bond acceptors (Lipinski definition) is 3. The van der Waals surface area contributed by atoms with Gasteiger partial charge in [-0.05, 0) is 61.9 Å². The summed E-state index contributed by atoms with van der Waals surface area (Å²) in [6.07, 6.45) is 2.77. The third kappa shape index (κ3) is 7.47. The smallest absolute Gasteiger partial charge is 0.319 e. The Labute approximate surface area is 239 Å². The molecule has 5 heteroatoms. The lowest BCUT2D eigenvalue weighted by Gasteiger charge is -2.47. The molecule has 4 rings (SSSR count). The Morgan fingerprint density at radius 3 is 2.20 bits per heavy atom. The summed E-state index contributed by atoms with van der Waals surface area (Å²) < 4.78 is 0. The largest absolute Gasteiger partial charge is 0.324 e. The Morgan fingerprint density at radius 1 is 0.875 bits per heavy atom. The highest BCUT2D eigenvalue weighted by Crippen LogP contribution is 2.38. The Morgan fingerprint density at radius 2 is 1.55 bits per heavy atom. The Hall–Kier alpha value is -3.73. The van der Waals surface area contributed by atoms with Crippen LogP contribution in [-0.4, -0.2) is 35.6 Å². The third-order valence-electron chi connectivity index (χ3n) is 8.15. The quantitative estimate of drug-likeness (QED) is 0.243. The lowest BCUT2D eigenvalue weighted by molar-refractivity contribution is -0.125. The SMILES string of the molecule is CCC(CC(=O)CC1(CC(C)=O)CN(Cc2ccccc2C)C(=O)N(c2ccc(C)cc2)C1)Cc1ccccc1. The highest BCUT2D eigenvalue weighted by atomic mass is 16.2. The minimum Gasteiger partial charge on any atom is -0.319 e. The molecule has 210 valence electrons. The summed E-state index contributed by atoms with van der Waals surface area (Å²) in [6.45, 7) is 8.95. The van der Waals surface area contributed by atoms with Crippen LogP contribution in [0.3, 0.4) is 0 Å². The maximum absolute atomic E-state index is 13.9. The van der Waals surface area contributed by atoms with Crippen LogP contribution in [0, 0.1) is 25.2 Å². The molecule has 1 fully saturated rings. The van der Waals surface area contributed by atoms with E-state index in [0.29, 0.717) is 26.1 Å². The lowest BCUT2D eigenvalue weighted by atomic mass is 9.74. The van der Waals surface area contributed by atoms with Crippen molar-refractivity contribution in [1.82, 2.24) is 4.90 Å². The standard InChI is InChI=1S/C35H42N2O3/c1-5-29(19-30-12-7-6-8-13-30)20-33(39)22-35(21-28(4)38)24-36(23-31-14-10-9-11-27(31)3)34(40)37(25-35)32-17-15-26(2)16-18-32/h6-18,29H,5,19-25H2,1-4H3. The molecule has 5 nitrogen and oxygen atoms in total. The number of carbonyl (C=O) groups is 3. The summed E-state index contributed by atoms with van der Waals surface area (Å²) in [6, 6.07) is 26.2. The van der Waals surface area contributed by atoms with Crippen LogP contribution in [0.15, 0.2) is 78.9 Å². The van der Waals surface area contributed by atoms with Gasteiger partial charge in [0, 0.05) is 50.0 Å². The van der Waals surface area contributed by atoms with Crippen molar-refractivity contribution in [3.8, 4) is 0 Å². The van der Waals surface area contributed by atoms with Crippen LogP contribution in [0.1, 0.15) is 61.8 Å². The first-order valence-electron chi connectivity index (χ1n) is 14.4. The van der Waals surface area contributed by atoms with Gasteiger partial charge in [0.25, 0.3) is 0 Å². The van der Waals surface area contributed by atoms with Gasteiger partial charge in [-0.3, -0.25) is 9.69 Å². The highest BCUT2D eigenvalue weighted by molar-refractivity contribution is 5.94. The van der Waals surface area contributed by atoms with Crippen molar-refractivity contribution in [3.05, 3.63) is 101 Å². The number of anilines is 1. The Balaban J connectivity index is 1.63. The molecule has 3 aromatic rings. The minimum absolute atomic E-state index is 0.0400. The predicted octanol–water partition coefficient (Wildman–Crippen LogP) is 7.33. The second-order valence-corrected chi connectivity index (χ2v) is 11.7. The van der Waals surface area contributed by atoms with Crippen molar-refractivity contribution in [1.29, 1.82) is 0 Å². The number of nitrogens with zero attached hydrogens (tertiary/aromatic N) is 2. The van der Waals surface area contributed by atoms with Crippen molar-refractivity contribution in [2.45, 2.75) is 66.3 Å². The topological polar surface area (TPSA) is 57.7 Å². The molecule has 0 radical (unpaired) electrons. The Bertz CT molecular complexity index is 1320. The average molecular weight is 539 g/mol. The van der Waals surface area contributed by atoms with Crippen molar-refractivity contribution in [2.24, 2.45) is 11.3 Å². The van der Waals surface area contributed by atoms with Gasteiger partial charge in [0.15, 0.2) is 0 Å². The molecule has 0 aromatic heterocycles. The number of benzene rings is 3. The van der Waals surface area contributed by atoms with Crippen molar-refractivity contribution in [2.75, 3.05) is 18.0 Å². The number of carbonyl (C=O) groups excluding carboxylic acids is 3. The molecule has 0 saturated carbocycles. The number of Topliss-reactive ketones (excluding diaryl/α,β-unsaturated/α-hetero) is 2. The first-order valence-corrected chi connectivity index (χ1v) is 14.4. The third-order valence-corrected chi connectivity index (χ3v) is 8.15. The fourth-order valence-corrected chi connectivity index (χ4v) is 6.07. The maximum atomic E-state index is 13.9. The molecule has 3 aromatic carbocycles. The van der Waals surface area contributed by atoms with E-state index in [9.17, 15) is 14.4 Å². The molecule has 40 heavy (non-hydrogen) atoms. The number of ketones is 2. The molecular weight excluding hydrogens is 496 g/mol. The second kappa shape index (κ2) is 13.1. The summed E-state index contributed by atoms with van der Waals surface area (Å²) in [7, 11) is 0. The fourth-order valence-electron chi connectivity index (χ4n) is 6.07. The van der Waals surface area contributed by atoms with Gasteiger partial charge in [0.2, 0.25) is 0 Å². The van der Waals surface area contributed by atoms with Crippen LogP contribution in [0.5, 0.6) is 0 Å². The van der Waals surface area contributed by atoms with Crippen LogP contribution in [0.4, 0.5) is 10.5 Å². The zero-order chi connectivity index (χ0) is 28.7. The molecule has 0 N–H and O–H groups in total. The summed E-state index contributed by atoms with van der Waals surface area (Å²) in [4.78, 5) is 43.9. The molecule has 0 spiro atoms.